The predicted octanol–water partition coefficient (Wildman–Crippen LogP) is 3.93. The average molecular weight is 260 g/mol. The maximum atomic E-state index is 4.70. The summed E-state index contributed by atoms with van der Waals surface area (Å²) in [6, 6.07) is 6.54. The van der Waals surface area contributed by atoms with Crippen molar-refractivity contribution in [2.24, 2.45) is 0 Å². The number of aromatic nitrogens is 1. The highest BCUT2D eigenvalue weighted by atomic mass is 32.1. The Morgan fingerprint density at radius 1 is 1.28 bits per heavy atom. The van der Waals surface area contributed by atoms with E-state index < -0.39 is 0 Å². The molecule has 0 spiro atoms. The molecule has 1 heterocycles. The van der Waals surface area contributed by atoms with Crippen molar-refractivity contribution in [3.05, 3.63) is 40.4 Å². The Bertz CT molecular complexity index is 517. The van der Waals surface area contributed by atoms with Crippen molar-refractivity contribution in [3.8, 4) is 10.6 Å². The lowest BCUT2D eigenvalue weighted by atomic mass is 10.1. The van der Waals surface area contributed by atoms with Gasteiger partial charge in [0.1, 0.15) is 5.01 Å². The molecule has 0 amide bonds. The van der Waals surface area contributed by atoms with Gasteiger partial charge in [-0.05, 0) is 32.4 Å². The fourth-order valence-corrected chi connectivity index (χ4v) is 2.87. The monoisotopic (exact) mass is 260 g/mol. The van der Waals surface area contributed by atoms with Gasteiger partial charge in [-0.1, -0.05) is 30.7 Å². The van der Waals surface area contributed by atoms with Crippen LogP contribution in [-0.2, 0) is 6.54 Å². The molecule has 0 fully saturated rings. The normalized spacial score (nSPS) is 10.8. The van der Waals surface area contributed by atoms with Crippen molar-refractivity contribution in [2.45, 2.75) is 33.7 Å². The van der Waals surface area contributed by atoms with Gasteiger partial charge < -0.3 is 5.32 Å². The number of hydrogen-bond donors (Lipinski definition) is 1. The van der Waals surface area contributed by atoms with Gasteiger partial charge in [0.15, 0.2) is 0 Å². The predicted molar refractivity (Wildman–Crippen MR) is 79.0 cm³/mol. The van der Waals surface area contributed by atoms with Crippen LogP contribution in [0.2, 0.25) is 0 Å². The highest BCUT2D eigenvalue weighted by Gasteiger charge is 2.07. The maximum absolute atomic E-state index is 4.70. The Balaban J connectivity index is 2.13. The van der Waals surface area contributed by atoms with E-state index in [1.54, 1.807) is 11.3 Å². The van der Waals surface area contributed by atoms with E-state index in [-0.39, 0.29) is 0 Å². The van der Waals surface area contributed by atoms with Gasteiger partial charge in [-0.15, -0.1) is 11.3 Å². The van der Waals surface area contributed by atoms with Crippen molar-refractivity contribution in [3.63, 3.8) is 0 Å². The van der Waals surface area contributed by atoms with Crippen LogP contribution >= 0.6 is 11.3 Å². The summed E-state index contributed by atoms with van der Waals surface area (Å²) in [6.45, 7) is 8.37. The van der Waals surface area contributed by atoms with Crippen LogP contribution in [0.3, 0.4) is 0 Å². The third-order valence-electron chi connectivity index (χ3n) is 2.90. The molecule has 2 rings (SSSR count). The summed E-state index contributed by atoms with van der Waals surface area (Å²) in [5.41, 5.74) is 5.01. The molecule has 96 valence electrons. The minimum Gasteiger partial charge on any atom is -0.311 e. The van der Waals surface area contributed by atoms with Crippen LogP contribution in [0.1, 0.15) is 30.2 Å². The molecule has 0 aliphatic carbocycles. The second-order valence-electron chi connectivity index (χ2n) is 4.64. The van der Waals surface area contributed by atoms with E-state index in [2.05, 4.69) is 49.7 Å². The fourth-order valence-electron chi connectivity index (χ4n) is 1.96. The van der Waals surface area contributed by atoms with Crippen LogP contribution in [0, 0.1) is 13.8 Å². The van der Waals surface area contributed by atoms with Gasteiger partial charge in [-0.3, -0.25) is 0 Å². The molecule has 0 bridgehead atoms. The Morgan fingerprint density at radius 2 is 2.11 bits per heavy atom. The standard InChI is InChI=1S/C15H20N2S/c1-4-7-16-9-13-10-18-15(17-13)14-6-5-11(2)8-12(14)3/h5-6,8,10,16H,4,7,9H2,1-3H3. The third kappa shape index (κ3) is 3.18. The molecule has 0 saturated heterocycles. The molecule has 3 heteroatoms. The number of hydrogen-bond acceptors (Lipinski definition) is 3. The molecule has 0 aliphatic heterocycles. The smallest absolute Gasteiger partial charge is 0.123 e. The topological polar surface area (TPSA) is 24.9 Å². The Hall–Kier alpha value is -1.19. The lowest BCUT2D eigenvalue weighted by molar-refractivity contribution is 0.667. The first kappa shape index (κ1) is 13.2. The van der Waals surface area contributed by atoms with Gasteiger partial charge in [-0.2, -0.15) is 0 Å². The van der Waals surface area contributed by atoms with Gasteiger partial charge in [0.25, 0.3) is 0 Å². The zero-order chi connectivity index (χ0) is 13.0. The zero-order valence-corrected chi connectivity index (χ0v) is 12.1. The maximum Gasteiger partial charge on any atom is 0.123 e. The highest BCUT2D eigenvalue weighted by molar-refractivity contribution is 7.13. The Morgan fingerprint density at radius 3 is 2.83 bits per heavy atom. The van der Waals surface area contributed by atoms with E-state index >= 15 is 0 Å². The van der Waals surface area contributed by atoms with Crippen LogP contribution in [0.5, 0.6) is 0 Å². The molecule has 0 saturated carbocycles. The van der Waals surface area contributed by atoms with Crippen molar-refractivity contribution >= 4 is 11.3 Å². The van der Waals surface area contributed by atoms with Gasteiger partial charge in [0.2, 0.25) is 0 Å². The SMILES string of the molecule is CCCNCc1csc(-c2ccc(C)cc2C)n1. The number of nitrogens with one attached hydrogen (secondary N) is 1. The molecule has 2 nitrogen and oxygen atoms in total. The lowest BCUT2D eigenvalue weighted by Gasteiger charge is -2.03. The summed E-state index contributed by atoms with van der Waals surface area (Å²) in [5, 5.41) is 6.66. The van der Waals surface area contributed by atoms with Crippen molar-refractivity contribution in [1.82, 2.24) is 10.3 Å². The number of rotatable bonds is 5. The number of benzene rings is 1. The third-order valence-corrected chi connectivity index (χ3v) is 3.82. The first-order valence-electron chi connectivity index (χ1n) is 6.43. The number of nitrogens with zero attached hydrogens (tertiary/aromatic N) is 1. The minimum atomic E-state index is 0.870. The molecule has 18 heavy (non-hydrogen) atoms. The Kier molecular flexibility index (Phi) is 4.50. The highest BCUT2D eigenvalue weighted by Crippen LogP contribution is 2.27. The average Bonchev–Trinajstić information content (AvgIpc) is 2.78. The second kappa shape index (κ2) is 6.12. The molecule has 0 atom stereocenters. The van der Waals surface area contributed by atoms with Crippen molar-refractivity contribution in [1.29, 1.82) is 0 Å². The van der Waals surface area contributed by atoms with E-state index in [1.165, 1.54) is 16.7 Å². The molecular weight excluding hydrogens is 240 g/mol. The fraction of sp³-hybridized carbons (Fsp3) is 0.400. The first-order valence-corrected chi connectivity index (χ1v) is 7.31. The van der Waals surface area contributed by atoms with Crippen LogP contribution < -0.4 is 5.32 Å². The Labute approximate surface area is 113 Å². The lowest BCUT2D eigenvalue weighted by Crippen LogP contribution is -2.13. The van der Waals surface area contributed by atoms with Crippen LogP contribution in [-0.4, -0.2) is 11.5 Å². The van der Waals surface area contributed by atoms with E-state index in [9.17, 15) is 0 Å². The van der Waals surface area contributed by atoms with Gasteiger partial charge in [-0.25, -0.2) is 4.98 Å². The van der Waals surface area contributed by atoms with Gasteiger partial charge in [0.05, 0.1) is 5.69 Å². The van der Waals surface area contributed by atoms with Crippen LogP contribution in [0.4, 0.5) is 0 Å². The van der Waals surface area contributed by atoms with Crippen LogP contribution in [0.25, 0.3) is 10.6 Å². The van der Waals surface area contributed by atoms with Crippen LogP contribution in [0.15, 0.2) is 23.6 Å². The van der Waals surface area contributed by atoms with Crippen molar-refractivity contribution < 1.29 is 0 Å². The quantitative estimate of drug-likeness (QED) is 0.824. The summed E-state index contributed by atoms with van der Waals surface area (Å²) in [4.78, 5) is 4.70. The largest absolute Gasteiger partial charge is 0.311 e. The summed E-state index contributed by atoms with van der Waals surface area (Å²) >= 11 is 1.73. The zero-order valence-electron chi connectivity index (χ0n) is 11.3. The molecule has 1 N–H and O–H groups in total. The molecule has 1 aromatic heterocycles. The van der Waals surface area contributed by atoms with Gasteiger partial charge >= 0.3 is 0 Å². The van der Waals surface area contributed by atoms with E-state index in [0.29, 0.717) is 0 Å². The first-order chi connectivity index (χ1) is 8.70. The van der Waals surface area contributed by atoms with Crippen molar-refractivity contribution in [2.75, 3.05) is 6.54 Å². The summed E-state index contributed by atoms with van der Waals surface area (Å²) < 4.78 is 0. The van der Waals surface area contributed by atoms with Gasteiger partial charge in [0, 0.05) is 17.5 Å². The number of thiazole rings is 1. The summed E-state index contributed by atoms with van der Waals surface area (Å²) in [5.74, 6) is 0. The van der Waals surface area contributed by atoms with E-state index in [1.807, 2.05) is 0 Å². The minimum absolute atomic E-state index is 0.870. The van der Waals surface area contributed by atoms with E-state index in [0.717, 1.165) is 30.2 Å². The summed E-state index contributed by atoms with van der Waals surface area (Å²) in [7, 11) is 0. The molecule has 0 unspecified atom stereocenters. The molecule has 1 aromatic carbocycles. The molecular formula is C15H20N2S. The summed E-state index contributed by atoms with van der Waals surface area (Å²) in [6.07, 6.45) is 1.16. The number of aryl methyl sites for hydroxylation is 2. The molecule has 0 radical (unpaired) electrons. The molecule has 2 aromatic rings. The van der Waals surface area contributed by atoms with E-state index in [4.69, 9.17) is 4.98 Å². The second-order valence-corrected chi connectivity index (χ2v) is 5.50. The molecule has 0 aliphatic rings.